The summed E-state index contributed by atoms with van der Waals surface area (Å²) in [6.07, 6.45) is -1.58. The van der Waals surface area contributed by atoms with Gasteiger partial charge >= 0.3 is 12.2 Å². The SMILES string of the molecule is C[Si](C)(C)CCOCn1cc(C(F)(F)F)c2c(Oc3ccc(NC(=O)NCCCN4CCOCC4)cc3C#N)ccnc21. The van der Waals surface area contributed by atoms with Gasteiger partial charge in [-0.05, 0) is 43.3 Å². The van der Waals surface area contributed by atoms with Crippen molar-refractivity contribution in [2.45, 2.75) is 45.0 Å². The first-order valence-electron chi connectivity index (χ1n) is 14.1. The van der Waals surface area contributed by atoms with Crippen molar-refractivity contribution >= 4 is 30.8 Å². The van der Waals surface area contributed by atoms with Crippen LogP contribution < -0.4 is 15.4 Å². The van der Waals surface area contributed by atoms with E-state index in [9.17, 15) is 23.2 Å². The number of morpholine rings is 1. The Morgan fingerprint density at radius 3 is 2.65 bits per heavy atom. The molecule has 10 nitrogen and oxygen atoms in total. The third-order valence-corrected chi connectivity index (χ3v) is 8.57. The molecule has 1 saturated heterocycles. The third-order valence-electron chi connectivity index (χ3n) is 6.87. The molecule has 232 valence electrons. The molecule has 2 N–H and O–H groups in total. The van der Waals surface area contributed by atoms with Gasteiger partial charge in [0.25, 0.3) is 0 Å². The van der Waals surface area contributed by atoms with E-state index in [-0.39, 0.29) is 34.8 Å². The van der Waals surface area contributed by atoms with Gasteiger partial charge in [0.1, 0.15) is 29.9 Å². The van der Waals surface area contributed by atoms with Crippen molar-refractivity contribution in [1.29, 1.82) is 5.26 Å². The van der Waals surface area contributed by atoms with E-state index >= 15 is 0 Å². The number of hydrogen-bond donors (Lipinski definition) is 2. The van der Waals surface area contributed by atoms with Gasteiger partial charge < -0.3 is 29.4 Å². The number of urea groups is 1. The molecule has 43 heavy (non-hydrogen) atoms. The Morgan fingerprint density at radius 2 is 1.95 bits per heavy atom. The molecule has 0 radical (unpaired) electrons. The van der Waals surface area contributed by atoms with Gasteiger partial charge in [-0.15, -0.1) is 0 Å². The number of fused-ring (bicyclic) bond motifs is 1. The molecule has 3 heterocycles. The molecule has 2 aromatic heterocycles. The molecular weight excluding hydrogens is 581 g/mol. The number of halogens is 3. The molecule has 2 amide bonds. The molecule has 1 aliphatic heterocycles. The van der Waals surface area contributed by atoms with Crippen molar-refractivity contribution < 1.29 is 32.2 Å². The zero-order valence-corrected chi connectivity index (χ0v) is 25.6. The second-order valence-corrected chi connectivity index (χ2v) is 17.1. The normalized spacial score (nSPS) is 14.4. The first-order valence-corrected chi connectivity index (χ1v) is 17.8. The van der Waals surface area contributed by atoms with Crippen LogP contribution in [-0.2, 0) is 22.4 Å². The molecule has 1 aliphatic rings. The number of nitrogens with zero attached hydrogens (tertiary/aromatic N) is 4. The van der Waals surface area contributed by atoms with Crippen LogP contribution in [0, 0.1) is 11.3 Å². The summed E-state index contributed by atoms with van der Waals surface area (Å²) in [4.78, 5) is 18.8. The fourth-order valence-corrected chi connectivity index (χ4v) is 5.29. The second-order valence-electron chi connectivity index (χ2n) is 11.5. The number of rotatable bonds is 12. The van der Waals surface area contributed by atoms with Crippen molar-refractivity contribution in [2.24, 2.45) is 0 Å². The van der Waals surface area contributed by atoms with Crippen LogP contribution in [0.25, 0.3) is 11.0 Å². The Bertz CT molecular complexity index is 1440. The van der Waals surface area contributed by atoms with Gasteiger partial charge in [0.05, 0.1) is 29.7 Å². The predicted octanol–water partition coefficient (Wildman–Crippen LogP) is 5.88. The van der Waals surface area contributed by atoms with Gasteiger partial charge in [-0.1, -0.05) is 19.6 Å². The summed E-state index contributed by atoms with van der Waals surface area (Å²) in [5.41, 5.74) is -0.480. The quantitative estimate of drug-likeness (QED) is 0.193. The lowest BCUT2D eigenvalue weighted by molar-refractivity contribution is -0.136. The lowest BCUT2D eigenvalue weighted by Gasteiger charge is -2.26. The largest absolute Gasteiger partial charge is 0.455 e. The van der Waals surface area contributed by atoms with E-state index in [2.05, 4.69) is 40.2 Å². The average Bonchev–Trinajstić information content (AvgIpc) is 3.34. The van der Waals surface area contributed by atoms with E-state index in [4.69, 9.17) is 14.2 Å². The maximum Gasteiger partial charge on any atom is 0.418 e. The zero-order chi connectivity index (χ0) is 31.0. The fraction of sp³-hybridized carbons (Fsp3) is 0.483. The number of benzene rings is 1. The molecule has 4 rings (SSSR count). The molecule has 3 aromatic rings. The van der Waals surface area contributed by atoms with Gasteiger partial charge in [0.2, 0.25) is 0 Å². The van der Waals surface area contributed by atoms with Gasteiger partial charge in [-0.3, -0.25) is 4.90 Å². The molecule has 1 fully saturated rings. The number of amides is 2. The second kappa shape index (κ2) is 14.2. The minimum Gasteiger partial charge on any atom is -0.455 e. The van der Waals surface area contributed by atoms with Crippen molar-refractivity contribution in [3.63, 3.8) is 0 Å². The Morgan fingerprint density at radius 1 is 1.19 bits per heavy atom. The van der Waals surface area contributed by atoms with E-state index < -0.39 is 25.8 Å². The molecular formula is C29H37F3N6O4Si. The van der Waals surface area contributed by atoms with E-state index in [1.54, 1.807) is 0 Å². The Balaban J connectivity index is 1.45. The van der Waals surface area contributed by atoms with Gasteiger partial charge in [0, 0.05) is 52.4 Å². The summed E-state index contributed by atoms with van der Waals surface area (Å²) in [5, 5.41) is 15.0. The number of anilines is 1. The minimum absolute atomic E-state index is 0.0396. The van der Waals surface area contributed by atoms with Gasteiger partial charge in [-0.25, -0.2) is 9.78 Å². The zero-order valence-electron chi connectivity index (χ0n) is 24.6. The minimum atomic E-state index is -4.68. The first kappa shape index (κ1) is 32.3. The number of alkyl halides is 3. The van der Waals surface area contributed by atoms with Crippen LogP contribution in [0.1, 0.15) is 17.5 Å². The summed E-state index contributed by atoms with van der Waals surface area (Å²) in [6.45, 7) is 11.4. The fourth-order valence-electron chi connectivity index (χ4n) is 4.53. The lowest BCUT2D eigenvalue weighted by atomic mass is 10.1. The highest BCUT2D eigenvalue weighted by atomic mass is 28.3. The van der Waals surface area contributed by atoms with Crippen LogP contribution in [-0.4, -0.2) is 74.6 Å². The van der Waals surface area contributed by atoms with Crippen molar-refractivity contribution in [3.8, 4) is 17.6 Å². The maximum absolute atomic E-state index is 14.1. The van der Waals surface area contributed by atoms with Gasteiger partial charge in [0.15, 0.2) is 0 Å². The number of carbonyl (C=O) groups excluding carboxylic acids is 1. The van der Waals surface area contributed by atoms with Crippen LogP contribution in [0.4, 0.5) is 23.7 Å². The third kappa shape index (κ3) is 9.17. The van der Waals surface area contributed by atoms with Crippen molar-refractivity contribution in [1.82, 2.24) is 19.8 Å². The standard InChI is InChI=1S/C29H37F3N6O4Si/c1-43(2,3)16-15-41-20-38-19-23(29(30,31)32)26-25(7-9-34-27(26)38)42-24-6-5-22(17-21(24)18-33)36-28(39)35-8-4-10-37-11-13-40-14-12-37/h5-7,9,17,19H,4,8,10-16,20H2,1-3H3,(H2,35,36,39). The van der Waals surface area contributed by atoms with Crippen molar-refractivity contribution in [3.05, 3.63) is 47.8 Å². The predicted molar refractivity (Wildman–Crippen MR) is 159 cm³/mol. The van der Waals surface area contributed by atoms with Crippen LogP contribution in [0.3, 0.4) is 0 Å². The monoisotopic (exact) mass is 618 g/mol. The number of carbonyl (C=O) groups is 1. The number of ether oxygens (including phenoxy) is 3. The number of pyridine rings is 1. The topological polar surface area (TPSA) is 114 Å². The summed E-state index contributed by atoms with van der Waals surface area (Å²) in [5.74, 6) is -0.0628. The average molecular weight is 619 g/mol. The Kier molecular flexibility index (Phi) is 10.7. The highest BCUT2D eigenvalue weighted by molar-refractivity contribution is 6.76. The smallest absolute Gasteiger partial charge is 0.418 e. The van der Waals surface area contributed by atoms with Gasteiger partial charge in [-0.2, -0.15) is 18.4 Å². The lowest BCUT2D eigenvalue weighted by Crippen LogP contribution is -2.38. The molecule has 0 unspecified atom stereocenters. The number of nitriles is 1. The van der Waals surface area contributed by atoms with E-state index in [1.807, 2.05) is 6.07 Å². The summed E-state index contributed by atoms with van der Waals surface area (Å²) in [6, 6.07) is 8.11. The van der Waals surface area contributed by atoms with Crippen LogP contribution in [0.15, 0.2) is 36.7 Å². The molecule has 0 saturated carbocycles. The van der Waals surface area contributed by atoms with Crippen LogP contribution >= 0.6 is 0 Å². The molecule has 0 aliphatic carbocycles. The molecule has 0 atom stereocenters. The Labute approximate surface area is 249 Å². The number of nitrogens with one attached hydrogen (secondary N) is 2. The van der Waals surface area contributed by atoms with E-state index in [0.717, 1.165) is 38.3 Å². The molecule has 1 aromatic carbocycles. The first-order chi connectivity index (χ1) is 20.4. The number of aromatic nitrogens is 2. The summed E-state index contributed by atoms with van der Waals surface area (Å²) in [7, 11) is -1.37. The van der Waals surface area contributed by atoms with E-state index in [1.165, 1.54) is 35.0 Å². The summed E-state index contributed by atoms with van der Waals surface area (Å²) < 4.78 is 60.5. The summed E-state index contributed by atoms with van der Waals surface area (Å²) >= 11 is 0. The Hall–Kier alpha value is -3.64. The van der Waals surface area contributed by atoms with Crippen LogP contribution in [0.2, 0.25) is 25.7 Å². The van der Waals surface area contributed by atoms with Crippen molar-refractivity contribution in [2.75, 3.05) is 51.3 Å². The molecule has 0 spiro atoms. The highest BCUT2D eigenvalue weighted by Crippen LogP contribution is 2.41. The molecule has 0 bridgehead atoms. The molecule has 14 heteroatoms. The van der Waals surface area contributed by atoms with E-state index in [0.29, 0.717) is 32.1 Å². The maximum atomic E-state index is 14.1. The number of hydrogen-bond acceptors (Lipinski definition) is 7. The highest BCUT2D eigenvalue weighted by Gasteiger charge is 2.36. The van der Waals surface area contributed by atoms with Crippen LogP contribution in [0.5, 0.6) is 11.5 Å².